The second-order valence-corrected chi connectivity index (χ2v) is 5.64. The van der Waals surface area contributed by atoms with Gasteiger partial charge in [0.2, 0.25) is 5.91 Å². The normalized spacial score (nSPS) is 15.7. The number of piperidine rings is 1. The van der Waals surface area contributed by atoms with Crippen molar-refractivity contribution in [2.45, 2.75) is 32.4 Å². The molecule has 0 radical (unpaired) electrons. The smallest absolute Gasteiger partial charge is 0.236 e. The van der Waals surface area contributed by atoms with E-state index in [1.807, 2.05) is 24.1 Å². The van der Waals surface area contributed by atoms with Crippen molar-refractivity contribution in [2.75, 3.05) is 26.7 Å². The van der Waals surface area contributed by atoms with Crippen molar-refractivity contribution in [1.29, 1.82) is 0 Å². The summed E-state index contributed by atoms with van der Waals surface area (Å²) in [5, 5.41) is 0. The Morgan fingerprint density at radius 3 is 2.65 bits per heavy atom. The molecule has 4 nitrogen and oxygen atoms in total. The highest BCUT2D eigenvalue weighted by atomic mass is 16.2. The summed E-state index contributed by atoms with van der Waals surface area (Å²) in [6, 6.07) is 8.25. The zero-order valence-corrected chi connectivity index (χ0v) is 12.3. The molecule has 1 aromatic carbocycles. The lowest BCUT2D eigenvalue weighted by molar-refractivity contribution is -0.133. The summed E-state index contributed by atoms with van der Waals surface area (Å²) >= 11 is 0. The summed E-state index contributed by atoms with van der Waals surface area (Å²) in [7, 11) is 2.00. The molecule has 110 valence electrons. The maximum atomic E-state index is 12.2. The average Bonchev–Trinajstić information content (AvgIpc) is 2.48. The number of carbonyl (C=O) groups is 1. The molecule has 1 aliphatic rings. The van der Waals surface area contributed by atoms with E-state index in [2.05, 4.69) is 17.0 Å². The first-order chi connectivity index (χ1) is 9.69. The number of hydrogen-bond acceptors (Lipinski definition) is 3. The number of likely N-dealkylation sites (N-methyl/N-ethyl adjacent to an activating group) is 1. The van der Waals surface area contributed by atoms with Crippen molar-refractivity contribution in [2.24, 2.45) is 5.73 Å². The van der Waals surface area contributed by atoms with Crippen molar-refractivity contribution >= 4 is 5.91 Å². The molecule has 2 rings (SSSR count). The largest absolute Gasteiger partial charge is 0.342 e. The monoisotopic (exact) mass is 275 g/mol. The van der Waals surface area contributed by atoms with Crippen LogP contribution in [0.2, 0.25) is 0 Å². The SMILES string of the molecule is CN(CC(=O)N1CCCCC1)Cc1cccc(CN)c1. The van der Waals surface area contributed by atoms with Gasteiger partial charge in [-0.15, -0.1) is 0 Å². The molecular weight excluding hydrogens is 250 g/mol. The van der Waals surface area contributed by atoms with Crippen LogP contribution in [-0.4, -0.2) is 42.4 Å². The lowest BCUT2D eigenvalue weighted by Gasteiger charge is -2.28. The number of nitrogens with zero attached hydrogens (tertiary/aromatic N) is 2. The maximum absolute atomic E-state index is 12.2. The van der Waals surface area contributed by atoms with Gasteiger partial charge in [-0.25, -0.2) is 0 Å². The first-order valence-corrected chi connectivity index (χ1v) is 7.43. The third kappa shape index (κ3) is 4.32. The molecule has 1 heterocycles. The second kappa shape index (κ2) is 7.41. The molecule has 1 aromatic rings. The van der Waals surface area contributed by atoms with Gasteiger partial charge in [-0.1, -0.05) is 24.3 Å². The van der Waals surface area contributed by atoms with Crippen LogP contribution in [0.1, 0.15) is 30.4 Å². The van der Waals surface area contributed by atoms with Gasteiger partial charge in [0, 0.05) is 26.2 Å². The minimum absolute atomic E-state index is 0.252. The lowest BCUT2D eigenvalue weighted by Crippen LogP contribution is -2.41. The Morgan fingerprint density at radius 2 is 1.95 bits per heavy atom. The van der Waals surface area contributed by atoms with Crippen LogP contribution in [0.15, 0.2) is 24.3 Å². The molecule has 4 heteroatoms. The van der Waals surface area contributed by atoms with E-state index in [1.54, 1.807) is 0 Å². The third-order valence-corrected chi connectivity index (χ3v) is 3.79. The van der Waals surface area contributed by atoms with Gasteiger partial charge < -0.3 is 10.6 Å². The third-order valence-electron chi connectivity index (χ3n) is 3.79. The Hall–Kier alpha value is -1.39. The predicted octanol–water partition coefficient (Wildman–Crippen LogP) is 1.59. The van der Waals surface area contributed by atoms with Crippen LogP contribution in [-0.2, 0) is 17.9 Å². The highest BCUT2D eigenvalue weighted by Gasteiger charge is 2.17. The molecule has 1 aliphatic heterocycles. The van der Waals surface area contributed by atoms with E-state index < -0.39 is 0 Å². The molecule has 0 spiro atoms. The fourth-order valence-electron chi connectivity index (χ4n) is 2.70. The Balaban J connectivity index is 1.84. The average molecular weight is 275 g/mol. The Bertz CT molecular complexity index is 441. The zero-order valence-electron chi connectivity index (χ0n) is 12.3. The molecule has 1 fully saturated rings. The Morgan fingerprint density at radius 1 is 1.25 bits per heavy atom. The molecule has 0 unspecified atom stereocenters. The van der Waals surface area contributed by atoms with Crippen molar-refractivity contribution < 1.29 is 4.79 Å². The van der Waals surface area contributed by atoms with Gasteiger partial charge in [-0.3, -0.25) is 9.69 Å². The molecule has 1 amide bonds. The molecule has 0 aliphatic carbocycles. The molecule has 0 atom stereocenters. The summed E-state index contributed by atoms with van der Waals surface area (Å²) in [6.45, 7) is 3.69. The fraction of sp³-hybridized carbons (Fsp3) is 0.562. The molecular formula is C16H25N3O. The van der Waals surface area contributed by atoms with Crippen molar-refractivity contribution in [3.63, 3.8) is 0 Å². The van der Waals surface area contributed by atoms with Crippen molar-refractivity contribution in [3.8, 4) is 0 Å². The van der Waals surface area contributed by atoms with Gasteiger partial charge in [0.15, 0.2) is 0 Å². The highest BCUT2D eigenvalue weighted by Crippen LogP contribution is 2.10. The first-order valence-electron chi connectivity index (χ1n) is 7.43. The molecule has 0 aromatic heterocycles. The van der Waals surface area contributed by atoms with Gasteiger partial charge in [0.25, 0.3) is 0 Å². The van der Waals surface area contributed by atoms with E-state index in [9.17, 15) is 4.79 Å². The van der Waals surface area contributed by atoms with E-state index in [0.717, 1.165) is 38.0 Å². The zero-order chi connectivity index (χ0) is 14.4. The van der Waals surface area contributed by atoms with Crippen LogP contribution in [0.3, 0.4) is 0 Å². The predicted molar refractivity (Wildman–Crippen MR) is 81.1 cm³/mol. The number of nitrogens with two attached hydrogens (primary N) is 1. The molecule has 0 bridgehead atoms. The van der Waals surface area contributed by atoms with Gasteiger partial charge in [0.05, 0.1) is 6.54 Å². The molecule has 0 saturated carbocycles. The minimum atomic E-state index is 0.252. The van der Waals surface area contributed by atoms with Crippen LogP contribution in [0.5, 0.6) is 0 Å². The topological polar surface area (TPSA) is 49.6 Å². The number of amides is 1. The number of rotatable bonds is 5. The summed E-state index contributed by atoms with van der Waals surface area (Å²) in [5.41, 5.74) is 8.00. The van der Waals surface area contributed by atoms with Crippen molar-refractivity contribution in [1.82, 2.24) is 9.80 Å². The van der Waals surface area contributed by atoms with Gasteiger partial charge >= 0.3 is 0 Å². The second-order valence-electron chi connectivity index (χ2n) is 5.64. The Kier molecular flexibility index (Phi) is 5.56. The number of likely N-dealkylation sites (tertiary alicyclic amines) is 1. The summed E-state index contributed by atoms with van der Waals surface area (Å²) in [6.07, 6.45) is 3.55. The van der Waals surface area contributed by atoms with Crippen molar-refractivity contribution in [3.05, 3.63) is 35.4 Å². The Labute approximate surface area is 121 Å². The summed E-state index contributed by atoms with van der Waals surface area (Å²) in [5.74, 6) is 0.252. The standard InChI is InChI=1S/C16H25N3O/c1-18(12-15-7-5-6-14(10-15)11-17)13-16(20)19-8-3-2-4-9-19/h5-7,10H,2-4,8-9,11-13,17H2,1H3. The highest BCUT2D eigenvalue weighted by molar-refractivity contribution is 5.78. The van der Waals surface area contributed by atoms with Gasteiger partial charge in [-0.05, 0) is 37.4 Å². The summed E-state index contributed by atoms with van der Waals surface area (Å²) in [4.78, 5) is 16.3. The quantitative estimate of drug-likeness (QED) is 0.888. The summed E-state index contributed by atoms with van der Waals surface area (Å²) < 4.78 is 0. The van der Waals surface area contributed by atoms with E-state index in [0.29, 0.717) is 13.1 Å². The number of hydrogen-bond donors (Lipinski definition) is 1. The van der Waals surface area contributed by atoms with E-state index in [-0.39, 0.29) is 5.91 Å². The molecule has 2 N–H and O–H groups in total. The lowest BCUT2D eigenvalue weighted by atomic mass is 10.1. The fourth-order valence-corrected chi connectivity index (χ4v) is 2.70. The first kappa shape index (κ1) is 15.0. The molecule has 20 heavy (non-hydrogen) atoms. The van der Waals surface area contributed by atoms with Crippen LogP contribution in [0.25, 0.3) is 0 Å². The van der Waals surface area contributed by atoms with E-state index in [1.165, 1.54) is 12.0 Å². The van der Waals surface area contributed by atoms with E-state index in [4.69, 9.17) is 5.73 Å². The van der Waals surface area contributed by atoms with Gasteiger partial charge in [-0.2, -0.15) is 0 Å². The molecule has 1 saturated heterocycles. The number of carbonyl (C=O) groups excluding carboxylic acids is 1. The minimum Gasteiger partial charge on any atom is -0.342 e. The van der Waals surface area contributed by atoms with Crippen LogP contribution in [0.4, 0.5) is 0 Å². The van der Waals surface area contributed by atoms with Crippen LogP contribution >= 0.6 is 0 Å². The van der Waals surface area contributed by atoms with Gasteiger partial charge in [0.1, 0.15) is 0 Å². The maximum Gasteiger partial charge on any atom is 0.236 e. The van der Waals surface area contributed by atoms with E-state index >= 15 is 0 Å². The van der Waals surface area contributed by atoms with Crippen LogP contribution < -0.4 is 5.73 Å². The number of benzene rings is 1. The van der Waals surface area contributed by atoms with Crippen LogP contribution in [0, 0.1) is 0 Å².